The van der Waals surface area contributed by atoms with Crippen LogP contribution in [0, 0.1) is 17.0 Å². The van der Waals surface area contributed by atoms with E-state index in [2.05, 4.69) is 10.6 Å². The van der Waals surface area contributed by atoms with Crippen LogP contribution in [-0.4, -0.2) is 27.0 Å². The fraction of sp³-hybridized carbons (Fsp3) is 0.0625. The fourth-order valence-corrected chi connectivity index (χ4v) is 2.57. The van der Waals surface area contributed by atoms with Gasteiger partial charge in [0.1, 0.15) is 0 Å². The Hall–Kier alpha value is -3.04. The summed E-state index contributed by atoms with van der Waals surface area (Å²) in [5.74, 6) is -1.88. The number of benzene rings is 2. The van der Waals surface area contributed by atoms with Gasteiger partial charge >= 0.3 is 5.97 Å². The van der Waals surface area contributed by atoms with Gasteiger partial charge in [0, 0.05) is 22.2 Å². The number of carbonyl (C=O) groups is 2. The Balaban J connectivity index is 2.19. The number of amides is 1. The molecule has 26 heavy (non-hydrogen) atoms. The van der Waals surface area contributed by atoms with Crippen LogP contribution in [0.3, 0.4) is 0 Å². The normalized spacial score (nSPS) is 10.1. The van der Waals surface area contributed by atoms with Crippen molar-refractivity contribution in [3.8, 4) is 0 Å². The average molecular weight is 394 g/mol. The van der Waals surface area contributed by atoms with Crippen LogP contribution in [0.4, 0.5) is 11.4 Å². The predicted octanol–water partition coefficient (Wildman–Crippen LogP) is 3.38. The third-order valence-corrected chi connectivity index (χ3v) is 3.87. The molecule has 0 bridgehead atoms. The van der Waals surface area contributed by atoms with E-state index in [0.717, 1.165) is 0 Å². The number of nitrogens with one attached hydrogen (secondary N) is 2. The molecule has 0 fully saturated rings. The molecule has 2 aromatic rings. The lowest BCUT2D eigenvalue weighted by Gasteiger charge is -2.13. The van der Waals surface area contributed by atoms with Crippen molar-refractivity contribution in [3.05, 3.63) is 68.2 Å². The summed E-state index contributed by atoms with van der Waals surface area (Å²) in [6, 6.07) is 8.20. The lowest BCUT2D eigenvalue weighted by atomic mass is 10.1. The smallest absolute Gasteiger partial charge is 0.337 e. The molecule has 10 heteroatoms. The molecule has 3 N–H and O–H groups in total. The van der Waals surface area contributed by atoms with Crippen molar-refractivity contribution < 1.29 is 19.6 Å². The second-order valence-electron chi connectivity index (χ2n) is 5.11. The zero-order valence-electron chi connectivity index (χ0n) is 13.3. The maximum Gasteiger partial charge on any atom is 0.337 e. The maximum atomic E-state index is 12.3. The van der Waals surface area contributed by atoms with Gasteiger partial charge in [0.25, 0.3) is 11.6 Å². The van der Waals surface area contributed by atoms with Crippen LogP contribution in [-0.2, 0) is 0 Å². The minimum absolute atomic E-state index is 0.0814. The van der Waals surface area contributed by atoms with Crippen LogP contribution in [0.2, 0.25) is 5.02 Å². The zero-order chi connectivity index (χ0) is 19.4. The van der Waals surface area contributed by atoms with E-state index in [4.69, 9.17) is 23.8 Å². The highest BCUT2D eigenvalue weighted by molar-refractivity contribution is 7.80. The molecule has 2 rings (SSSR count). The fourth-order valence-electron chi connectivity index (χ4n) is 2.19. The van der Waals surface area contributed by atoms with Gasteiger partial charge in [-0.3, -0.25) is 20.2 Å². The predicted molar refractivity (Wildman–Crippen MR) is 99.9 cm³/mol. The number of hydrogen-bond donors (Lipinski definition) is 3. The van der Waals surface area contributed by atoms with E-state index in [1.54, 1.807) is 0 Å². The van der Waals surface area contributed by atoms with Gasteiger partial charge < -0.3 is 10.4 Å². The van der Waals surface area contributed by atoms with E-state index >= 15 is 0 Å². The molecular weight excluding hydrogens is 382 g/mol. The van der Waals surface area contributed by atoms with E-state index < -0.39 is 16.8 Å². The Morgan fingerprint density at radius 1 is 1.23 bits per heavy atom. The van der Waals surface area contributed by atoms with E-state index in [9.17, 15) is 24.8 Å². The number of aromatic carboxylic acids is 1. The van der Waals surface area contributed by atoms with E-state index in [1.165, 1.54) is 43.3 Å². The van der Waals surface area contributed by atoms with Crippen molar-refractivity contribution >= 4 is 52.2 Å². The zero-order valence-corrected chi connectivity index (χ0v) is 14.9. The highest BCUT2D eigenvalue weighted by Crippen LogP contribution is 2.22. The third-order valence-electron chi connectivity index (χ3n) is 3.43. The van der Waals surface area contributed by atoms with Crippen molar-refractivity contribution in [3.63, 3.8) is 0 Å². The molecule has 8 nitrogen and oxygen atoms in total. The van der Waals surface area contributed by atoms with Gasteiger partial charge in [0.15, 0.2) is 5.11 Å². The minimum atomic E-state index is -1.22. The lowest BCUT2D eigenvalue weighted by molar-refractivity contribution is -0.385. The second-order valence-corrected chi connectivity index (χ2v) is 5.95. The van der Waals surface area contributed by atoms with Crippen molar-refractivity contribution in [1.29, 1.82) is 0 Å². The van der Waals surface area contributed by atoms with Gasteiger partial charge in [-0.2, -0.15) is 0 Å². The number of rotatable bonds is 4. The molecular formula is C16H12ClN3O5S. The average Bonchev–Trinajstić information content (AvgIpc) is 2.56. The molecule has 0 unspecified atom stereocenters. The molecule has 0 aliphatic carbocycles. The number of nitrogens with zero attached hydrogens (tertiary/aromatic N) is 1. The quantitative estimate of drug-likeness (QED) is 0.413. The standard InChI is InChI=1S/C16H12ClN3O5S/c1-8-10(3-2-4-13(8)20(24)25)14(21)19-16(26)18-12-6-5-9(17)7-11(12)15(22)23/h2-7H,1H3,(H,22,23)(H2,18,19,21,26). The summed E-state index contributed by atoms with van der Waals surface area (Å²) >= 11 is 10.8. The highest BCUT2D eigenvalue weighted by Gasteiger charge is 2.19. The van der Waals surface area contributed by atoms with Crippen molar-refractivity contribution in [2.75, 3.05) is 5.32 Å². The number of thiocarbonyl (C=S) groups is 1. The summed E-state index contributed by atoms with van der Waals surface area (Å²) in [5.41, 5.74) is 0.0967. The summed E-state index contributed by atoms with van der Waals surface area (Å²) in [6.45, 7) is 1.45. The number of carboxylic acid groups (broad SMARTS) is 1. The number of carboxylic acids is 1. The molecule has 0 heterocycles. The molecule has 0 aliphatic rings. The number of nitro groups is 1. The van der Waals surface area contributed by atoms with E-state index in [0.29, 0.717) is 0 Å². The molecule has 0 saturated heterocycles. The first kappa shape index (κ1) is 19.3. The lowest BCUT2D eigenvalue weighted by Crippen LogP contribution is -2.35. The first-order chi connectivity index (χ1) is 12.2. The Morgan fingerprint density at radius 3 is 2.54 bits per heavy atom. The number of carbonyl (C=O) groups excluding carboxylic acids is 1. The Kier molecular flexibility index (Phi) is 5.86. The summed E-state index contributed by atoms with van der Waals surface area (Å²) in [7, 11) is 0. The maximum absolute atomic E-state index is 12.3. The Bertz CT molecular complexity index is 932. The van der Waals surface area contributed by atoms with Gasteiger partial charge in [0.2, 0.25) is 0 Å². The molecule has 0 atom stereocenters. The van der Waals surface area contributed by atoms with Crippen molar-refractivity contribution in [1.82, 2.24) is 5.32 Å². The van der Waals surface area contributed by atoms with Crippen LogP contribution < -0.4 is 10.6 Å². The van der Waals surface area contributed by atoms with Crippen LogP contribution in [0.15, 0.2) is 36.4 Å². The molecule has 0 spiro atoms. The number of halogens is 1. The van der Waals surface area contributed by atoms with Gasteiger partial charge in [-0.05, 0) is 43.4 Å². The van der Waals surface area contributed by atoms with Crippen molar-refractivity contribution in [2.45, 2.75) is 6.92 Å². The monoisotopic (exact) mass is 393 g/mol. The Labute approximate surface area is 157 Å². The van der Waals surface area contributed by atoms with Crippen LogP contribution >= 0.6 is 23.8 Å². The van der Waals surface area contributed by atoms with E-state index in [1.807, 2.05) is 0 Å². The molecule has 0 radical (unpaired) electrons. The summed E-state index contributed by atoms with van der Waals surface area (Å²) < 4.78 is 0. The molecule has 134 valence electrons. The van der Waals surface area contributed by atoms with Gasteiger partial charge in [0.05, 0.1) is 16.2 Å². The SMILES string of the molecule is Cc1c(C(=O)NC(=S)Nc2ccc(Cl)cc2C(=O)O)cccc1[N+](=O)[O-]. The molecule has 0 aliphatic heterocycles. The van der Waals surface area contributed by atoms with Crippen molar-refractivity contribution in [2.24, 2.45) is 0 Å². The minimum Gasteiger partial charge on any atom is -0.478 e. The van der Waals surface area contributed by atoms with Gasteiger partial charge in [-0.15, -0.1) is 0 Å². The Morgan fingerprint density at radius 2 is 1.92 bits per heavy atom. The second kappa shape index (κ2) is 7.89. The molecule has 2 aromatic carbocycles. The summed E-state index contributed by atoms with van der Waals surface area (Å²) in [6.07, 6.45) is 0. The summed E-state index contributed by atoms with van der Waals surface area (Å²) in [4.78, 5) is 33.9. The number of hydrogen-bond acceptors (Lipinski definition) is 5. The first-order valence-corrected chi connectivity index (χ1v) is 7.88. The number of nitro benzene ring substituents is 1. The first-order valence-electron chi connectivity index (χ1n) is 7.10. The van der Waals surface area contributed by atoms with Gasteiger partial charge in [-0.25, -0.2) is 4.79 Å². The number of anilines is 1. The molecule has 0 aromatic heterocycles. The van der Waals surface area contributed by atoms with E-state index in [-0.39, 0.29) is 38.2 Å². The topological polar surface area (TPSA) is 122 Å². The summed E-state index contributed by atoms with van der Waals surface area (Å²) in [5, 5.41) is 25.2. The molecule has 1 amide bonds. The highest BCUT2D eigenvalue weighted by atomic mass is 35.5. The molecule has 0 saturated carbocycles. The van der Waals surface area contributed by atoms with Crippen LogP contribution in [0.5, 0.6) is 0 Å². The third kappa shape index (κ3) is 4.32. The van der Waals surface area contributed by atoms with Crippen LogP contribution in [0.1, 0.15) is 26.3 Å². The largest absolute Gasteiger partial charge is 0.478 e. The van der Waals surface area contributed by atoms with Crippen LogP contribution in [0.25, 0.3) is 0 Å². The van der Waals surface area contributed by atoms with Gasteiger partial charge in [-0.1, -0.05) is 17.7 Å².